The summed E-state index contributed by atoms with van der Waals surface area (Å²) < 4.78 is 11.1. The molecule has 0 aliphatic carbocycles. The molecule has 0 bridgehead atoms. The first-order valence-corrected chi connectivity index (χ1v) is 9.11. The van der Waals surface area contributed by atoms with Gasteiger partial charge in [0.25, 0.3) is 11.8 Å². The van der Waals surface area contributed by atoms with E-state index in [1.54, 1.807) is 24.3 Å². The number of carbonyl (C=O) groups is 3. The van der Waals surface area contributed by atoms with Gasteiger partial charge in [-0.15, -0.1) is 0 Å². The molecule has 1 fully saturated rings. The minimum Gasteiger partial charge on any atom is -0.493 e. The number of anilines is 1. The number of imide groups is 2. The molecule has 3 rings (SSSR count). The number of methoxy groups -OCH3 is 2. The van der Waals surface area contributed by atoms with E-state index in [9.17, 15) is 14.4 Å². The van der Waals surface area contributed by atoms with Crippen LogP contribution in [0.4, 0.5) is 10.5 Å². The number of nitrogens with one attached hydrogen (secondary N) is 1. The highest BCUT2D eigenvalue weighted by atomic mass is 79.9. The first-order valence-electron chi connectivity index (χ1n) is 7.94. The molecule has 144 valence electrons. The zero-order valence-electron chi connectivity index (χ0n) is 14.8. The summed E-state index contributed by atoms with van der Waals surface area (Å²) in [6.45, 7) is 0. The number of hydrogen-bond acceptors (Lipinski definition) is 5. The smallest absolute Gasteiger partial charge is 0.335 e. The predicted octanol–water partition coefficient (Wildman–Crippen LogP) is 3.79. The Labute approximate surface area is 174 Å². The van der Waals surface area contributed by atoms with Crippen LogP contribution in [-0.2, 0) is 9.59 Å². The lowest BCUT2D eigenvalue weighted by Gasteiger charge is -2.26. The highest BCUT2D eigenvalue weighted by Gasteiger charge is 2.36. The van der Waals surface area contributed by atoms with E-state index in [-0.39, 0.29) is 5.57 Å². The van der Waals surface area contributed by atoms with Crippen molar-refractivity contribution in [2.75, 3.05) is 19.1 Å². The number of ether oxygens (including phenoxy) is 2. The van der Waals surface area contributed by atoms with Gasteiger partial charge < -0.3 is 9.47 Å². The van der Waals surface area contributed by atoms with Crippen LogP contribution in [0.1, 0.15) is 5.56 Å². The molecule has 1 heterocycles. The van der Waals surface area contributed by atoms with Crippen molar-refractivity contribution in [1.82, 2.24) is 5.32 Å². The lowest BCUT2D eigenvalue weighted by molar-refractivity contribution is -0.122. The Morgan fingerprint density at radius 2 is 1.75 bits per heavy atom. The number of rotatable bonds is 4. The molecular weight excluding hydrogens is 452 g/mol. The first-order chi connectivity index (χ1) is 13.3. The summed E-state index contributed by atoms with van der Waals surface area (Å²) in [6, 6.07) is 8.56. The van der Waals surface area contributed by atoms with Crippen molar-refractivity contribution in [3.63, 3.8) is 0 Å². The largest absolute Gasteiger partial charge is 0.493 e. The average molecular weight is 466 g/mol. The number of barbiturate groups is 1. The number of hydrogen-bond donors (Lipinski definition) is 1. The Morgan fingerprint density at radius 1 is 1.07 bits per heavy atom. The van der Waals surface area contributed by atoms with Crippen LogP contribution < -0.4 is 19.7 Å². The quantitative estimate of drug-likeness (QED) is 0.549. The van der Waals surface area contributed by atoms with Crippen molar-refractivity contribution in [2.24, 2.45) is 0 Å². The van der Waals surface area contributed by atoms with Gasteiger partial charge in [0.2, 0.25) is 0 Å². The van der Waals surface area contributed by atoms with Crippen molar-refractivity contribution in [3.05, 3.63) is 57.0 Å². The summed E-state index contributed by atoms with van der Waals surface area (Å²) in [7, 11) is 2.97. The molecule has 2 aromatic carbocycles. The zero-order valence-corrected chi connectivity index (χ0v) is 17.1. The number of nitrogens with zero attached hydrogens (tertiary/aromatic N) is 1. The van der Waals surface area contributed by atoms with E-state index in [0.717, 1.165) is 4.90 Å². The molecule has 1 aliphatic heterocycles. The maximum atomic E-state index is 12.9. The third kappa shape index (κ3) is 3.74. The maximum absolute atomic E-state index is 12.9. The topological polar surface area (TPSA) is 84.9 Å². The Hall–Kier alpha value is -2.84. The van der Waals surface area contributed by atoms with Crippen LogP contribution >= 0.6 is 27.5 Å². The van der Waals surface area contributed by atoms with Crippen molar-refractivity contribution in [1.29, 1.82) is 0 Å². The summed E-state index contributed by atoms with van der Waals surface area (Å²) in [6.07, 6.45) is 1.37. The number of urea groups is 1. The Bertz CT molecular complexity index is 1000. The molecule has 0 radical (unpaired) electrons. The molecule has 2 aromatic rings. The van der Waals surface area contributed by atoms with Crippen LogP contribution in [-0.4, -0.2) is 32.1 Å². The standard InChI is InChI=1S/C19H14BrClN2O5/c1-27-15-9-10(8-14(20)16(15)28-2)7-13-17(24)22-19(26)23(18(13)25)12-5-3-11(21)4-6-12/h3-9H,1-2H3,(H,22,24,26)/b13-7-. The molecule has 9 heteroatoms. The van der Waals surface area contributed by atoms with Crippen molar-refractivity contribution < 1.29 is 23.9 Å². The molecule has 28 heavy (non-hydrogen) atoms. The predicted molar refractivity (Wildman–Crippen MR) is 108 cm³/mol. The van der Waals surface area contributed by atoms with Crippen LogP contribution in [0.2, 0.25) is 5.02 Å². The average Bonchev–Trinajstić information content (AvgIpc) is 2.66. The Kier molecular flexibility index (Phi) is 5.71. The molecule has 4 amide bonds. The van der Waals surface area contributed by atoms with Crippen LogP contribution in [0, 0.1) is 0 Å². The third-order valence-corrected chi connectivity index (χ3v) is 4.79. The van der Waals surface area contributed by atoms with Gasteiger partial charge in [-0.25, -0.2) is 9.69 Å². The highest BCUT2D eigenvalue weighted by molar-refractivity contribution is 9.10. The summed E-state index contributed by atoms with van der Waals surface area (Å²) in [5, 5.41) is 2.62. The molecule has 7 nitrogen and oxygen atoms in total. The molecule has 0 aromatic heterocycles. The van der Waals surface area contributed by atoms with Gasteiger partial charge in [-0.3, -0.25) is 14.9 Å². The summed E-state index contributed by atoms with van der Waals surface area (Å²) >= 11 is 9.22. The van der Waals surface area contributed by atoms with Gasteiger partial charge >= 0.3 is 6.03 Å². The van der Waals surface area contributed by atoms with Crippen LogP contribution in [0.5, 0.6) is 11.5 Å². The lowest BCUT2D eigenvalue weighted by atomic mass is 10.1. The maximum Gasteiger partial charge on any atom is 0.335 e. The number of halogens is 2. The fraction of sp³-hybridized carbons (Fsp3) is 0.105. The second-order valence-electron chi connectivity index (χ2n) is 5.67. The van der Waals surface area contributed by atoms with E-state index in [2.05, 4.69) is 21.2 Å². The molecule has 1 saturated heterocycles. The SMILES string of the molecule is COc1cc(/C=C2/C(=O)NC(=O)N(c3ccc(Cl)cc3)C2=O)cc(Br)c1OC. The molecule has 0 atom stereocenters. The molecule has 1 aliphatic rings. The normalized spacial score (nSPS) is 15.6. The Morgan fingerprint density at radius 3 is 2.36 bits per heavy atom. The molecular formula is C19H14BrClN2O5. The van der Waals surface area contributed by atoms with Crippen molar-refractivity contribution in [3.8, 4) is 11.5 Å². The molecule has 0 unspecified atom stereocenters. The monoisotopic (exact) mass is 464 g/mol. The second-order valence-corrected chi connectivity index (χ2v) is 6.96. The number of carbonyl (C=O) groups excluding carboxylic acids is 3. The summed E-state index contributed by atoms with van der Waals surface area (Å²) in [5.41, 5.74) is 0.598. The van der Waals surface area contributed by atoms with Crippen LogP contribution in [0.3, 0.4) is 0 Å². The lowest BCUT2D eigenvalue weighted by Crippen LogP contribution is -2.54. The van der Waals surface area contributed by atoms with E-state index in [0.29, 0.717) is 32.2 Å². The minimum absolute atomic E-state index is 0.200. The van der Waals surface area contributed by atoms with E-state index < -0.39 is 17.8 Å². The molecule has 1 N–H and O–H groups in total. The molecule has 0 saturated carbocycles. The van der Waals surface area contributed by atoms with E-state index >= 15 is 0 Å². The van der Waals surface area contributed by atoms with Gasteiger partial charge in [0.1, 0.15) is 5.57 Å². The van der Waals surface area contributed by atoms with Crippen LogP contribution in [0.15, 0.2) is 46.4 Å². The number of benzene rings is 2. The zero-order chi connectivity index (χ0) is 20.4. The van der Waals surface area contributed by atoms with Crippen molar-refractivity contribution in [2.45, 2.75) is 0 Å². The fourth-order valence-electron chi connectivity index (χ4n) is 2.67. The van der Waals surface area contributed by atoms with Crippen LogP contribution in [0.25, 0.3) is 6.08 Å². The van der Waals surface area contributed by atoms with E-state index in [1.165, 1.54) is 32.4 Å². The van der Waals surface area contributed by atoms with Gasteiger partial charge in [-0.2, -0.15) is 0 Å². The second kappa shape index (κ2) is 8.04. The first kappa shape index (κ1) is 19.9. The van der Waals surface area contributed by atoms with E-state index in [1.807, 2.05) is 0 Å². The van der Waals surface area contributed by atoms with E-state index in [4.69, 9.17) is 21.1 Å². The summed E-state index contributed by atoms with van der Waals surface area (Å²) in [4.78, 5) is 38.2. The van der Waals surface area contributed by atoms with Gasteiger partial charge in [0, 0.05) is 5.02 Å². The number of amides is 4. The molecule has 0 spiro atoms. The van der Waals surface area contributed by atoms with Gasteiger partial charge in [0.15, 0.2) is 11.5 Å². The van der Waals surface area contributed by atoms with Gasteiger partial charge in [-0.05, 0) is 64.0 Å². The third-order valence-electron chi connectivity index (χ3n) is 3.95. The van der Waals surface area contributed by atoms with Gasteiger partial charge in [0.05, 0.1) is 24.4 Å². The summed E-state index contributed by atoms with van der Waals surface area (Å²) in [5.74, 6) is -0.645. The fourth-order valence-corrected chi connectivity index (χ4v) is 3.42. The Balaban J connectivity index is 2.04. The van der Waals surface area contributed by atoms with Gasteiger partial charge in [-0.1, -0.05) is 11.6 Å². The highest BCUT2D eigenvalue weighted by Crippen LogP contribution is 2.37. The minimum atomic E-state index is -0.831. The van der Waals surface area contributed by atoms with Crippen molar-refractivity contribution >= 4 is 57.1 Å².